The molecule has 18 heavy (non-hydrogen) atoms. The molecule has 1 fully saturated rings. The summed E-state index contributed by atoms with van der Waals surface area (Å²) in [7, 11) is 3.59. The molecule has 2 rings (SSSR count). The summed E-state index contributed by atoms with van der Waals surface area (Å²) in [5, 5.41) is 0. The van der Waals surface area contributed by atoms with E-state index in [2.05, 4.69) is 0 Å². The lowest BCUT2D eigenvalue weighted by Crippen LogP contribution is -2.52. The SMILES string of the molecule is CN(C)C1C(=O)C(C(N)=O)=CC2C(=O)CCCC21. The zero-order chi connectivity index (χ0) is 13.4. The van der Waals surface area contributed by atoms with Crippen LogP contribution in [0.3, 0.4) is 0 Å². The molecule has 5 heteroatoms. The van der Waals surface area contributed by atoms with Crippen LogP contribution in [-0.4, -0.2) is 42.5 Å². The van der Waals surface area contributed by atoms with Gasteiger partial charge in [0.15, 0.2) is 5.78 Å². The smallest absolute Gasteiger partial charge is 0.252 e. The molecule has 98 valence electrons. The number of likely N-dealkylation sites (N-methyl/N-ethyl adjacent to an activating group) is 1. The molecule has 1 saturated carbocycles. The van der Waals surface area contributed by atoms with Crippen LogP contribution in [0, 0.1) is 11.8 Å². The van der Waals surface area contributed by atoms with Gasteiger partial charge in [-0.3, -0.25) is 19.3 Å². The second-order valence-corrected chi connectivity index (χ2v) is 5.27. The van der Waals surface area contributed by atoms with Crippen LogP contribution in [0.2, 0.25) is 0 Å². The van der Waals surface area contributed by atoms with Gasteiger partial charge in [-0.05, 0) is 32.9 Å². The molecule has 3 atom stereocenters. The summed E-state index contributed by atoms with van der Waals surface area (Å²) in [5.74, 6) is -1.21. The summed E-state index contributed by atoms with van der Waals surface area (Å²) in [4.78, 5) is 37.3. The summed E-state index contributed by atoms with van der Waals surface area (Å²) in [6.07, 6.45) is 3.68. The van der Waals surface area contributed by atoms with Crippen LogP contribution in [0.15, 0.2) is 11.6 Å². The minimum Gasteiger partial charge on any atom is -0.365 e. The zero-order valence-electron chi connectivity index (χ0n) is 10.7. The van der Waals surface area contributed by atoms with E-state index in [1.54, 1.807) is 19.0 Å². The zero-order valence-corrected chi connectivity index (χ0v) is 10.7. The van der Waals surface area contributed by atoms with Gasteiger partial charge in [0.1, 0.15) is 5.78 Å². The fourth-order valence-corrected chi connectivity index (χ4v) is 3.10. The molecule has 0 heterocycles. The highest BCUT2D eigenvalue weighted by Gasteiger charge is 2.45. The minimum absolute atomic E-state index is 0.00907. The average Bonchev–Trinajstić information content (AvgIpc) is 2.27. The van der Waals surface area contributed by atoms with Gasteiger partial charge < -0.3 is 5.73 Å². The van der Waals surface area contributed by atoms with Crippen LogP contribution in [0.5, 0.6) is 0 Å². The van der Waals surface area contributed by atoms with Gasteiger partial charge in [-0.25, -0.2) is 0 Å². The van der Waals surface area contributed by atoms with Gasteiger partial charge in [-0.15, -0.1) is 0 Å². The highest BCUT2D eigenvalue weighted by molar-refractivity contribution is 6.22. The molecule has 0 aromatic rings. The molecular weight excluding hydrogens is 232 g/mol. The first-order valence-corrected chi connectivity index (χ1v) is 6.18. The number of fused-ring (bicyclic) bond motifs is 1. The van der Waals surface area contributed by atoms with Gasteiger partial charge in [-0.2, -0.15) is 0 Å². The van der Waals surface area contributed by atoms with Crippen molar-refractivity contribution in [1.29, 1.82) is 0 Å². The maximum Gasteiger partial charge on any atom is 0.252 e. The van der Waals surface area contributed by atoms with Crippen LogP contribution in [0.1, 0.15) is 19.3 Å². The van der Waals surface area contributed by atoms with E-state index in [9.17, 15) is 14.4 Å². The number of carbonyl (C=O) groups is 3. The number of carbonyl (C=O) groups excluding carboxylic acids is 3. The monoisotopic (exact) mass is 250 g/mol. The van der Waals surface area contributed by atoms with E-state index >= 15 is 0 Å². The van der Waals surface area contributed by atoms with Crippen molar-refractivity contribution in [3.8, 4) is 0 Å². The van der Waals surface area contributed by atoms with Crippen molar-refractivity contribution in [2.45, 2.75) is 25.3 Å². The standard InChI is InChI=1S/C13H18N2O3/c1-15(2)11-7-4-3-5-10(16)8(7)6-9(12(11)17)13(14)18/h6-8,11H,3-5H2,1-2H3,(H2,14,18). The summed E-state index contributed by atoms with van der Waals surface area (Å²) >= 11 is 0. The molecule has 2 N–H and O–H groups in total. The Labute approximate surface area is 106 Å². The molecule has 2 aliphatic rings. The van der Waals surface area contributed by atoms with Crippen LogP contribution >= 0.6 is 0 Å². The molecule has 0 spiro atoms. The number of nitrogens with two attached hydrogens (primary N) is 1. The fraction of sp³-hybridized carbons (Fsp3) is 0.615. The van der Waals surface area contributed by atoms with E-state index in [0.717, 1.165) is 12.8 Å². The second kappa shape index (κ2) is 4.65. The number of allylic oxidation sites excluding steroid dienone is 1. The molecule has 0 aromatic carbocycles. The topological polar surface area (TPSA) is 80.5 Å². The fourth-order valence-electron chi connectivity index (χ4n) is 3.10. The summed E-state index contributed by atoms with van der Waals surface area (Å²) in [6, 6.07) is -0.410. The number of rotatable bonds is 2. The van der Waals surface area contributed by atoms with E-state index in [1.807, 2.05) is 0 Å². The lowest BCUT2D eigenvalue weighted by molar-refractivity contribution is -0.131. The lowest BCUT2D eigenvalue weighted by Gasteiger charge is -2.40. The predicted octanol–water partition coefficient (Wildman–Crippen LogP) is -0.104. The van der Waals surface area contributed by atoms with Crippen molar-refractivity contribution in [2.75, 3.05) is 14.1 Å². The molecule has 0 saturated heterocycles. The van der Waals surface area contributed by atoms with Crippen LogP contribution in [-0.2, 0) is 14.4 Å². The number of Topliss-reactive ketones (excluding diaryl/α,β-unsaturated/α-hetero) is 2. The summed E-state index contributed by atoms with van der Waals surface area (Å²) in [6.45, 7) is 0. The Balaban J connectivity index is 2.45. The van der Waals surface area contributed by atoms with Crippen molar-refractivity contribution in [3.63, 3.8) is 0 Å². The van der Waals surface area contributed by atoms with Crippen molar-refractivity contribution in [2.24, 2.45) is 17.6 Å². The number of nitrogens with zero attached hydrogens (tertiary/aromatic N) is 1. The first-order valence-electron chi connectivity index (χ1n) is 6.18. The molecule has 0 radical (unpaired) electrons. The predicted molar refractivity (Wildman–Crippen MR) is 65.6 cm³/mol. The minimum atomic E-state index is -0.733. The number of amides is 1. The van der Waals surface area contributed by atoms with E-state index in [4.69, 9.17) is 5.73 Å². The number of hydrogen-bond acceptors (Lipinski definition) is 4. The van der Waals surface area contributed by atoms with Gasteiger partial charge in [-0.1, -0.05) is 6.08 Å². The Bertz CT molecular complexity index is 440. The molecular formula is C13H18N2O3. The molecule has 2 aliphatic carbocycles. The molecule has 0 aromatic heterocycles. The third-order valence-electron chi connectivity index (χ3n) is 3.90. The average molecular weight is 250 g/mol. The summed E-state index contributed by atoms with van der Waals surface area (Å²) in [5.41, 5.74) is 5.22. The van der Waals surface area contributed by atoms with E-state index < -0.39 is 11.9 Å². The molecule has 5 nitrogen and oxygen atoms in total. The Kier molecular flexibility index (Phi) is 3.34. The third-order valence-corrected chi connectivity index (χ3v) is 3.90. The summed E-state index contributed by atoms with van der Waals surface area (Å²) < 4.78 is 0. The normalized spacial score (nSPS) is 32.2. The first kappa shape index (κ1) is 13.0. The Morgan fingerprint density at radius 3 is 2.61 bits per heavy atom. The molecule has 1 amide bonds. The van der Waals surface area contributed by atoms with Gasteiger partial charge in [0.2, 0.25) is 0 Å². The Hall–Kier alpha value is -1.49. The number of hydrogen-bond donors (Lipinski definition) is 1. The Morgan fingerprint density at radius 2 is 2.06 bits per heavy atom. The second-order valence-electron chi connectivity index (χ2n) is 5.27. The highest BCUT2D eigenvalue weighted by Crippen LogP contribution is 2.37. The quantitative estimate of drug-likeness (QED) is 0.694. The van der Waals surface area contributed by atoms with Crippen molar-refractivity contribution >= 4 is 17.5 Å². The van der Waals surface area contributed by atoms with Crippen molar-refractivity contribution in [3.05, 3.63) is 11.6 Å². The maximum absolute atomic E-state index is 12.2. The molecule has 0 bridgehead atoms. The molecule has 0 aliphatic heterocycles. The van der Waals surface area contributed by atoms with Gasteiger partial charge >= 0.3 is 0 Å². The highest BCUT2D eigenvalue weighted by atomic mass is 16.2. The van der Waals surface area contributed by atoms with E-state index in [1.165, 1.54) is 6.08 Å². The number of ketones is 2. The Morgan fingerprint density at radius 1 is 1.39 bits per heavy atom. The van der Waals surface area contributed by atoms with Gasteiger partial charge in [0.25, 0.3) is 5.91 Å². The van der Waals surface area contributed by atoms with Gasteiger partial charge in [0, 0.05) is 12.3 Å². The van der Waals surface area contributed by atoms with Crippen LogP contribution in [0.4, 0.5) is 0 Å². The first-order chi connectivity index (χ1) is 8.43. The third kappa shape index (κ3) is 1.99. The van der Waals surface area contributed by atoms with Crippen molar-refractivity contribution in [1.82, 2.24) is 4.90 Å². The maximum atomic E-state index is 12.2. The van der Waals surface area contributed by atoms with Crippen molar-refractivity contribution < 1.29 is 14.4 Å². The van der Waals surface area contributed by atoms with E-state index in [-0.39, 0.29) is 29.0 Å². The van der Waals surface area contributed by atoms with E-state index in [0.29, 0.717) is 6.42 Å². The number of primary amides is 1. The van der Waals surface area contributed by atoms with Crippen LogP contribution < -0.4 is 5.73 Å². The lowest BCUT2D eigenvalue weighted by atomic mass is 9.68. The molecule has 3 unspecified atom stereocenters. The largest absolute Gasteiger partial charge is 0.365 e. The van der Waals surface area contributed by atoms with Gasteiger partial charge in [0.05, 0.1) is 11.6 Å². The van der Waals surface area contributed by atoms with Crippen LogP contribution in [0.25, 0.3) is 0 Å².